The highest BCUT2D eigenvalue weighted by Gasteiger charge is 2.32. The number of sulfone groups is 1. The molecule has 1 aromatic rings. The van der Waals surface area contributed by atoms with Gasteiger partial charge in [0, 0.05) is 31.9 Å². The van der Waals surface area contributed by atoms with Crippen LogP contribution >= 0.6 is 0 Å². The lowest BCUT2D eigenvalue weighted by Crippen LogP contribution is -2.43. The summed E-state index contributed by atoms with van der Waals surface area (Å²) in [6.07, 6.45) is 10.0. The molecule has 0 N–H and O–H groups in total. The summed E-state index contributed by atoms with van der Waals surface area (Å²) >= 11 is 0. The summed E-state index contributed by atoms with van der Waals surface area (Å²) in [7, 11) is -1.08. The molecule has 2 heterocycles. The maximum atomic E-state index is 11.9. The number of rotatable bonds is 5. The van der Waals surface area contributed by atoms with Crippen molar-refractivity contribution in [3.05, 3.63) is 30.1 Å². The molecule has 0 radical (unpaired) electrons. The van der Waals surface area contributed by atoms with E-state index in [1.165, 1.54) is 0 Å². The molecule has 0 unspecified atom stereocenters. The molecule has 5 nitrogen and oxygen atoms in total. The normalized spacial score (nSPS) is 23.4. The van der Waals surface area contributed by atoms with E-state index in [-0.39, 0.29) is 17.5 Å². The van der Waals surface area contributed by atoms with Crippen molar-refractivity contribution in [2.75, 3.05) is 24.6 Å². The Hall–Kier alpha value is -1.14. The number of aromatic nitrogens is 2. The number of hydrogen-bond donors (Lipinski definition) is 0. The maximum absolute atomic E-state index is 11.9. The summed E-state index contributed by atoms with van der Waals surface area (Å²) in [5.74, 6) is 0.470. The second kappa shape index (κ2) is 6.54. The van der Waals surface area contributed by atoms with Crippen LogP contribution in [0.1, 0.15) is 31.4 Å². The summed E-state index contributed by atoms with van der Waals surface area (Å²) in [6, 6.07) is -0.0579. The second-order valence-corrected chi connectivity index (χ2v) is 7.51. The fourth-order valence-corrected chi connectivity index (χ4v) is 4.12. The van der Waals surface area contributed by atoms with E-state index in [1.54, 1.807) is 10.9 Å². The standard InChI is InChI=1S/C14H23N3O2S/c1-3-4-5-6-7-17-8-9-20(18,19)12-14(17)13-10-15-16(2)11-13/h4-5,10-11,14H,3,6-9,12H2,1-2H3/b5-4+/t14-/m0/s1. The van der Waals surface area contributed by atoms with Gasteiger partial charge in [-0.1, -0.05) is 19.1 Å². The van der Waals surface area contributed by atoms with E-state index in [0.29, 0.717) is 6.54 Å². The minimum atomic E-state index is -2.94. The molecule has 6 heteroatoms. The number of allylic oxidation sites excluding steroid dienone is 1. The maximum Gasteiger partial charge on any atom is 0.153 e. The van der Waals surface area contributed by atoms with E-state index in [4.69, 9.17) is 0 Å². The largest absolute Gasteiger partial charge is 0.294 e. The Morgan fingerprint density at radius 2 is 2.25 bits per heavy atom. The lowest BCUT2D eigenvalue weighted by atomic mass is 10.1. The summed E-state index contributed by atoms with van der Waals surface area (Å²) in [4.78, 5) is 2.26. The third-order valence-corrected chi connectivity index (χ3v) is 5.27. The zero-order valence-corrected chi connectivity index (χ0v) is 13.0. The predicted octanol–water partition coefficient (Wildman–Crippen LogP) is 1.55. The molecule has 1 aliphatic rings. The van der Waals surface area contributed by atoms with E-state index in [9.17, 15) is 8.42 Å². The van der Waals surface area contributed by atoms with E-state index in [1.807, 2.05) is 13.2 Å². The predicted molar refractivity (Wildman–Crippen MR) is 80.2 cm³/mol. The van der Waals surface area contributed by atoms with Crippen LogP contribution in [0.5, 0.6) is 0 Å². The van der Waals surface area contributed by atoms with Crippen LogP contribution in [0.25, 0.3) is 0 Å². The van der Waals surface area contributed by atoms with E-state index in [0.717, 1.165) is 24.9 Å². The quantitative estimate of drug-likeness (QED) is 0.774. The Morgan fingerprint density at radius 1 is 1.45 bits per heavy atom. The SMILES string of the molecule is CC/C=C/CCN1CCS(=O)(=O)C[C@H]1c1cnn(C)c1. The minimum absolute atomic E-state index is 0.0579. The van der Waals surface area contributed by atoms with Gasteiger partial charge in [-0.2, -0.15) is 5.10 Å². The van der Waals surface area contributed by atoms with Gasteiger partial charge in [-0.15, -0.1) is 0 Å². The third-order valence-electron chi connectivity index (χ3n) is 3.64. The van der Waals surface area contributed by atoms with Gasteiger partial charge >= 0.3 is 0 Å². The Kier molecular flexibility index (Phi) is 4.99. The molecule has 0 spiro atoms. The molecule has 112 valence electrons. The summed E-state index contributed by atoms with van der Waals surface area (Å²) < 4.78 is 25.5. The van der Waals surface area contributed by atoms with Crippen LogP contribution in [0, 0.1) is 0 Å². The molecule has 1 aromatic heterocycles. The van der Waals surface area contributed by atoms with Crippen LogP contribution in [-0.4, -0.2) is 47.7 Å². The fourth-order valence-electron chi connectivity index (χ4n) is 2.55. The van der Waals surface area contributed by atoms with E-state index in [2.05, 4.69) is 29.1 Å². The third kappa shape index (κ3) is 3.93. The number of aryl methyl sites for hydroxylation is 1. The number of nitrogens with zero attached hydrogens (tertiary/aromatic N) is 3. The molecule has 0 aromatic carbocycles. The van der Waals surface area contributed by atoms with Crippen LogP contribution < -0.4 is 0 Å². The monoisotopic (exact) mass is 297 g/mol. The minimum Gasteiger partial charge on any atom is -0.294 e. The molecule has 0 aliphatic carbocycles. The van der Waals surface area contributed by atoms with Crippen molar-refractivity contribution in [2.24, 2.45) is 7.05 Å². The molecule has 1 atom stereocenters. The van der Waals surface area contributed by atoms with Crippen molar-refractivity contribution in [2.45, 2.75) is 25.8 Å². The van der Waals surface area contributed by atoms with Gasteiger partial charge in [-0.25, -0.2) is 8.42 Å². The Balaban J connectivity index is 2.10. The molecule has 0 bridgehead atoms. The van der Waals surface area contributed by atoms with Crippen LogP contribution in [0.4, 0.5) is 0 Å². The summed E-state index contributed by atoms with van der Waals surface area (Å²) in [6.45, 7) is 3.62. The molecule has 1 saturated heterocycles. The highest BCUT2D eigenvalue weighted by molar-refractivity contribution is 7.91. The lowest BCUT2D eigenvalue weighted by molar-refractivity contribution is 0.219. The molecule has 0 amide bonds. The van der Waals surface area contributed by atoms with Crippen molar-refractivity contribution >= 4 is 9.84 Å². The molecule has 2 rings (SSSR count). The molecule has 0 saturated carbocycles. The van der Waals surface area contributed by atoms with Crippen LogP contribution in [0.15, 0.2) is 24.5 Å². The molecular formula is C14H23N3O2S. The molecule has 1 fully saturated rings. The Bertz CT molecular complexity index is 563. The van der Waals surface area contributed by atoms with Crippen molar-refractivity contribution in [3.63, 3.8) is 0 Å². The Labute approximate surface area is 121 Å². The van der Waals surface area contributed by atoms with Crippen molar-refractivity contribution in [1.29, 1.82) is 0 Å². The van der Waals surface area contributed by atoms with Crippen LogP contribution in [0.2, 0.25) is 0 Å². The van der Waals surface area contributed by atoms with Gasteiger partial charge in [0.05, 0.1) is 23.7 Å². The van der Waals surface area contributed by atoms with Crippen molar-refractivity contribution in [3.8, 4) is 0 Å². The van der Waals surface area contributed by atoms with Gasteiger partial charge in [-0.3, -0.25) is 9.58 Å². The Morgan fingerprint density at radius 3 is 2.90 bits per heavy atom. The summed E-state index contributed by atoms with van der Waals surface area (Å²) in [5.41, 5.74) is 0.996. The first kappa shape index (κ1) is 15.3. The molecular weight excluding hydrogens is 274 g/mol. The second-order valence-electron chi connectivity index (χ2n) is 5.28. The van der Waals surface area contributed by atoms with Gasteiger partial charge in [0.25, 0.3) is 0 Å². The smallest absolute Gasteiger partial charge is 0.153 e. The highest BCUT2D eigenvalue weighted by atomic mass is 32.2. The highest BCUT2D eigenvalue weighted by Crippen LogP contribution is 2.26. The molecule has 20 heavy (non-hydrogen) atoms. The van der Waals surface area contributed by atoms with Crippen LogP contribution in [0.3, 0.4) is 0 Å². The zero-order valence-electron chi connectivity index (χ0n) is 12.2. The average molecular weight is 297 g/mol. The van der Waals surface area contributed by atoms with Gasteiger partial charge < -0.3 is 0 Å². The van der Waals surface area contributed by atoms with Gasteiger partial charge in [0.1, 0.15) is 0 Å². The first-order valence-electron chi connectivity index (χ1n) is 7.10. The lowest BCUT2D eigenvalue weighted by Gasteiger charge is -2.34. The van der Waals surface area contributed by atoms with Gasteiger partial charge in [0.15, 0.2) is 9.84 Å². The van der Waals surface area contributed by atoms with Crippen molar-refractivity contribution in [1.82, 2.24) is 14.7 Å². The van der Waals surface area contributed by atoms with Crippen LogP contribution in [-0.2, 0) is 16.9 Å². The van der Waals surface area contributed by atoms with Crippen molar-refractivity contribution < 1.29 is 8.42 Å². The first-order chi connectivity index (χ1) is 9.52. The average Bonchev–Trinajstić information content (AvgIpc) is 2.82. The first-order valence-corrected chi connectivity index (χ1v) is 8.92. The molecule has 1 aliphatic heterocycles. The summed E-state index contributed by atoms with van der Waals surface area (Å²) in [5, 5.41) is 4.16. The fraction of sp³-hybridized carbons (Fsp3) is 0.643. The topological polar surface area (TPSA) is 55.2 Å². The number of hydrogen-bond acceptors (Lipinski definition) is 4. The van der Waals surface area contributed by atoms with Gasteiger partial charge in [0.2, 0.25) is 0 Å². The zero-order chi connectivity index (χ0) is 14.6. The van der Waals surface area contributed by atoms with E-state index < -0.39 is 9.84 Å². The van der Waals surface area contributed by atoms with Gasteiger partial charge in [-0.05, 0) is 12.8 Å². The van der Waals surface area contributed by atoms with E-state index >= 15 is 0 Å².